The monoisotopic (exact) mass is 510 g/mol. The second-order valence-electron chi connectivity index (χ2n) is 8.67. The van der Waals surface area contributed by atoms with Crippen LogP contribution in [0.4, 0.5) is 0 Å². The fourth-order valence-electron chi connectivity index (χ4n) is 4.47. The summed E-state index contributed by atoms with van der Waals surface area (Å²) in [4.78, 5) is 19.1. The second kappa shape index (κ2) is 9.43. The van der Waals surface area contributed by atoms with Crippen LogP contribution in [0.5, 0.6) is 5.75 Å². The number of methoxy groups -OCH3 is 1. The van der Waals surface area contributed by atoms with Gasteiger partial charge in [-0.2, -0.15) is 5.10 Å². The lowest BCUT2D eigenvalue weighted by molar-refractivity contribution is 0.0955. The van der Waals surface area contributed by atoms with Gasteiger partial charge >= 0.3 is 0 Å². The molecule has 1 aromatic carbocycles. The van der Waals surface area contributed by atoms with Crippen molar-refractivity contribution in [3.8, 4) is 16.3 Å². The number of fused-ring (bicyclic) bond motifs is 1. The maximum Gasteiger partial charge on any atom is 0.252 e. The summed E-state index contributed by atoms with van der Waals surface area (Å²) in [7, 11) is -1.47. The molecule has 5 rings (SSSR count). The summed E-state index contributed by atoms with van der Waals surface area (Å²) in [5.41, 5.74) is 3.48. The maximum absolute atomic E-state index is 13.4. The first-order chi connectivity index (χ1) is 16.8. The number of thiophene rings is 1. The van der Waals surface area contributed by atoms with Crippen molar-refractivity contribution in [2.45, 2.75) is 25.8 Å². The molecular formula is C25H26N4O4S2. The standard InChI is InChI=1S/C25H26N4O4S2/c1-16-23-20(25(30)26-11-9-17-5-7-19(33-2)8-6-17)14-21(22-4-3-12-34-22)27-24(23)29(28-16)18-10-13-35(31,32)15-18/h3-8,12,14,18H,9-11,13,15H2,1-2H3,(H,26,30). The van der Waals surface area contributed by atoms with Gasteiger partial charge in [0.05, 0.1) is 51.9 Å². The number of rotatable bonds is 7. The Balaban J connectivity index is 1.48. The molecule has 8 nitrogen and oxygen atoms in total. The van der Waals surface area contributed by atoms with Crippen LogP contribution < -0.4 is 10.1 Å². The minimum atomic E-state index is -3.10. The fourth-order valence-corrected chi connectivity index (χ4v) is 6.85. The zero-order valence-electron chi connectivity index (χ0n) is 19.5. The van der Waals surface area contributed by atoms with Gasteiger partial charge in [-0.3, -0.25) is 4.79 Å². The van der Waals surface area contributed by atoms with Gasteiger partial charge < -0.3 is 10.1 Å². The molecule has 1 fully saturated rings. The Morgan fingerprint density at radius 2 is 2.06 bits per heavy atom. The lowest BCUT2D eigenvalue weighted by Gasteiger charge is -2.12. The van der Waals surface area contributed by atoms with Gasteiger partial charge in [-0.15, -0.1) is 11.3 Å². The van der Waals surface area contributed by atoms with Gasteiger partial charge in [-0.05, 0) is 55.0 Å². The van der Waals surface area contributed by atoms with Crippen molar-refractivity contribution in [3.63, 3.8) is 0 Å². The highest BCUT2D eigenvalue weighted by atomic mass is 32.2. The number of hydrogen-bond donors (Lipinski definition) is 1. The zero-order chi connectivity index (χ0) is 24.6. The first kappa shape index (κ1) is 23.5. The van der Waals surface area contributed by atoms with E-state index >= 15 is 0 Å². The molecule has 182 valence electrons. The van der Waals surface area contributed by atoms with E-state index in [1.165, 1.54) is 11.3 Å². The summed E-state index contributed by atoms with van der Waals surface area (Å²) in [6.07, 6.45) is 1.17. The van der Waals surface area contributed by atoms with Gasteiger partial charge in [-0.25, -0.2) is 18.1 Å². The molecule has 1 aliphatic rings. The number of carbonyl (C=O) groups excluding carboxylic acids is 1. The summed E-state index contributed by atoms with van der Waals surface area (Å²) >= 11 is 1.54. The molecule has 10 heteroatoms. The van der Waals surface area contributed by atoms with Crippen molar-refractivity contribution in [1.29, 1.82) is 0 Å². The quantitative estimate of drug-likeness (QED) is 0.406. The lowest BCUT2D eigenvalue weighted by atomic mass is 10.1. The third-order valence-corrected chi connectivity index (χ3v) is 8.91. The molecule has 1 saturated heterocycles. The average molecular weight is 511 g/mol. The Bertz CT molecular complexity index is 1480. The Hall–Kier alpha value is -3.24. The van der Waals surface area contributed by atoms with E-state index in [-0.39, 0.29) is 23.5 Å². The molecule has 0 spiro atoms. The van der Waals surface area contributed by atoms with Crippen LogP contribution in [-0.4, -0.2) is 54.2 Å². The van der Waals surface area contributed by atoms with E-state index in [1.54, 1.807) is 17.9 Å². The van der Waals surface area contributed by atoms with E-state index in [1.807, 2.05) is 48.7 Å². The molecule has 0 saturated carbocycles. The number of pyridine rings is 1. The Kier molecular flexibility index (Phi) is 6.33. The minimum absolute atomic E-state index is 0.0392. The van der Waals surface area contributed by atoms with E-state index in [9.17, 15) is 13.2 Å². The second-order valence-corrected chi connectivity index (χ2v) is 11.8. The van der Waals surface area contributed by atoms with Gasteiger partial charge in [-0.1, -0.05) is 18.2 Å². The van der Waals surface area contributed by atoms with Crippen LogP contribution in [0.1, 0.15) is 34.1 Å². The first-order valence-corrected chi connectivity index (χ1v) is 14.1. The summed E-state index contributed by atoms with van der Waals surface area (Å²) in [6.45, 7) is 2.31. The van der Waals surface area contributed by atoms with Crippen molar-refractivity contribution in [1.82, 2.24) is 20.1 Å². The van der Waals surface area contributed by atoms with Gasteiger partial charge in [0.1, 0.15) is 5.75 Å². The van der Waals surface area contributed by atoms with Crippen LogP contribution in [-0.2, 0) is 16.3 Å². The van der Waals surface area contributed by atoms with Crippen LogP contribution in [0.2, 0.25) is 0 Å². The van der Waals surface area contributed by atoms with E-state index in [0.29, 0.717) is 47.4 Å². The number of sulfone groups is 1. The van der Waals surface area contributed by atoms with E-state index < -0.39 is 9.84 Å². The molecule has 1 unspecified atom stereocenters. The topological polar surface area (TPSA) is 103 Å². The number of nitrogens with zero attached hydrogens (tertiary/aromatic N) is 3. The molecule has 1 atom stereocenters. The van der Waals surface area contributed by atoms with Gasteiger partial charge in [0.25, 0.3) is 5.91 Å². The highest BCUT2D eigenvalue weighted by molar-refractivity contribution is 7.91. The van der Waals surface area contributed by atoms with E-state index in [4.69, 9.17) is 9.72 Å². The lowest BCUT2D eigenvalue weighted by Crippen LogP contribution is -2.26. The number of ether oxygens (including phenoxy) is 1. The fraction of sp³-hybridized carbons (Fsp3) is 0.320. The summed E-state index contributed by atoms with van der Waals surface area (Å²) in [6, 6.07) is 13.2. The number of hydrogen-bond acceptors (Lipinski definition) is 7. The number of aromatic nitrogens is 3. The molecule has 4 heterocycles. The smallest absolute Gasteiger partial charge is 0.252 e. The van der Waals surface area contributed by atoms with Crippen molar-refractivity contribution < 1.29 is 17.9 Å². The number of amides is 1. The van der Waals surface area contributed by atoms with Crippen molar-refractivity contribution in [2.24, 2.45) is 0 Å². The van der Waals surface area contributed by atoms with Crippen LogP contribution in [0, 0.1) is 6.92 Å². The highest BCUT2D eigenvalue weighted by Gasteiger charge is 2.32. The molecule has 4 aromatic rings. The number of benzene rings is 1. The molecule has 0 radical (unpaired) electrons. The molecule has 1 aliphatic heterocycles. The van der Waals surface area contributed by atoms with Crippen LogP contribution in [0.25, 0.3) is 21.6 Å². The minimum Gasteiger partial charge on any atom is -0.497 e. The van der Waals surface area contributed by atoms with Crippen molar-refractivity contribution >= 4 is 38.1 Å². The van der Waals surface area contributed by atoms with Crippen LogP contribution >= 0.6 is 11.3 Å². The predicted octanol–water partition coefficient (Wildman–Crippen LogP) is 3.81. The van der Waals surface area contributed by atoms with Gasteiger partial charge in [0.2, 0.25) is 0 Å². The Morgan fingerprint density at radius 1 is 1.26 bits per heavy atom. The summed E-state index contributed by atoms with van der Waals surface area (Å²) in [5.74, 6) is 0.768. The molecular weight excluding hydrogens is 484 g/mol. The van der Waals surface area contributed by atoms with E-state index in [0.717, 1.165) is 16.2 Å². The van der Waals surface area contributed by atoms with E-state index in [2.05, 4.69) is 10.4 Å². The molecule has 35 heavy (non-hydrogen) atoms. The first-order valence-electron chi connectivity index (χ1n) is 11.4. The normalized spacial score (nSPS) is 17.0. The van der Waals surface area contributed by atoms with Crippen molar-refractivity contribution in [3.05, 3.63) is 64.7 Å². The van der Waals surface area contributed by atoms with Crippen molar-refractivity contribution in [2.75, 3.05) is 25.2 Å². The number of aryl methyl sites for hydroxylation is 1. The predicted molar refractivity (Wildman–Crippen MR) is 137 cm³/mol. The average Bonchev–Trinajstić information content (AvgIpc) is 3.58. The highest BCUT2D eigenvalue weighted by Crippen LogP contribution is 2.33. The Morgan fingerprint density at radius 3 is 2.71 bits per heavy atom. The maximum atomic E-state index is 13.4. The van der Waals surface area contributed by atoms with Crippen LogP contribution in [0.3, 0.4) is 0 Å². The zero-order valence-corrected chi connectivity index (χ0v) is 21.2. The third-order valence-electron chi connectivity index (χ3n) is 6.27. The molecule has 0 aliphatic carbocycles. The third kappa shape index (κ3) is 4.81. The van der Waals surface area contributed by atoms with Crippen LogP contribution in [0.15, 0.2) is 47.8 Å². The largest absolute Gasteiger partial charge is 0.497 e. The van der Waals surface area contributed by atoms with Gasteiger partial charge in [0.15, 0.2) is 15.5 Å². The molecule has 0 bridgehead atoms. The Labute approximate surface area is 207 Å². The molecule has 1 N–H and O–H groups in total. The number of carbonyl (C=O) groups is 1. The number of nitrogens with one attached hydrogen (secondary N) is 1. The SMILES string of the molecule is COc1ccc(CCNC(=O)c2cc(-c3cccs3)nc3c2c(C)nn3C2CCS(=O)(=O)C2)cc1. The summed E-state index contributed by atoms with van der Waals surface area (Å²) in [5, 5.41) is 10.3. The molecule has 3 aromatic heterocycles. The van der Waals surface area contributed by atoms with Gasteiger partial charge in [0, 0.05) is 6.54 Å². The molecule has 1 amide bonds. The summed E-state index contributed by atoms with van der Waals surface area (Å²) < 4.78 is 31.2.